The summed E-state index contributed by atoms with van der Waals surface area (Å²) in [6, 6.07) is 8.32. The SMILES string of the molecule is CCO[C@H]1C[C@H](NC(=O)Nc2ccccc2N2CCN(CC)CC2)C12CCCCC2. The second-order valence-corrected chi connectivity index (χ2v) is 9.06. The molecule has 2 saturated carbocycles. The third kappa shape index (κ3) is 4.30. The largest absolute Gasteiger partial charge is 0.378 e. The van der Waals surface area contributed by atoms with Crippen molar-refractivity contribution in [1.29, 1.82) is 0 Å². The lowest BCUT2D eigenvalue weighted by Gasteiger charge is -2.57. The fraction of sp³-hybridized carbons (Fsp3) is 0.708. The predicted octanol–water partition coefficient (Wildman–Crippen LogP) is 4.08. The Morgan fingerprint density at radius 2 is 1.83 bits per heavy atom. The molecule has 3 aliphatic rings. The summed E-state index contributed by atoms with van der Waals surface area (Å²) in [7, 11) is 0. The molecule has 2 N–H and O–H groups in total. The van der Waals surface area contributed by atoms with Crippen LogP contribution in [0.3, 0.4) is 0 Å². The summed E-state index contributed by atoms with van der Waals surface area (Å²) in [5, 5.41) is 6.46. The number of piperazine rings is 1. The number of anilines is 2. The molecule has 6 heteroatoms. The van der Waals surface area contributed by atoms with Crippen LogP contribution in [0.25, 0.3) is 0 Å². The third-order valence-electron chi connectivity index (χ3n) is 7.56. The molecule has 0 radical (unpaired) electrons. The van der Waals surface area contributed by atoms with Crippen molar-refractivity contribution in [1.82, 2.24) is 10.2 Å². The molecular weight excluding hydrogens is 376 g/mol. The Hall–Kier alpha value is -1.79. The second-order valence-electron chi connectivity index (χ2n) is 9.06. The number of urea groups is 1. The summed E-state index contributed by atoms with van der Waals surface area (Å²) in [6.45, 7) is 10.3. The summed E-state index contributed by atoms with van der Waals surface area (Å²) in [5.41, 5.74) is 2.16. The number of hydrogen-bond donors (Lipinski definition) is 2. The molecule has 0 bridgehead atoms. The van der Waals surface area contributed by atoms with Gasteiger partial charge in [0.2, 0.25) is 0 Å². The average Bonchev–Trinajstić information content (AvgIpc) is 2.79. The first-order valence-corrected chi connectivity index (χ1v) is 11.9. The Balaban J connectivity index is 1.39. The lowest BCUT2D eigenvalue weighted by atomic mass is 9.55. The number of carbonyl (C=O) groups excluding carboxylic acids is 1. The number of hydrogen-bond acceptors (Lipinski definition) is 4. The Bertz CT molecular complexity index is 711. The van der Waals surface area contributed by atoms with Crippen LogP contribution in [0.2, 0.25) is 0 Å². The molecule has 1 heterocycles. The maximum Gasteiger partial charge on any atom is 0.319 e. The molecule has 6 nitrogen and oxygen atoms in total. The van der Waals surface area contributed by atoms with Gasteiger partial charge < -0.3 is 25.2 Å². The van der Waals surface area contributed by atoms with Crippen LogP contribution in [-0.2, 0) is 4.74 Å². The van der Waals surface area contributed by atoms with E-state index < -0.39 is 0 Å². The van der Waals surface area contributed by atoms with E-state index in [9.17, 15) is 4.79 Å². The van der Waals surface area contributed by atoms with Gasteiger partial charge in [0.1, 0.15) is 0 Å². The van der Waals surface area contributed by atoms with Crippen molar-refractivity contribution in [2.45, 2.75) is 64.5 Å². The topological polar surface area (TPSA) is 56.8 Å². The lowest BCUT2D eigenvalue weighted by molar-refractivity contribution is -0.146. The molecule has 30 heavy (non-hydrogen) atoms. The van der Waals surface area contributed by atoms with Crippen molar-refractivity contribution < 1.29 is 9.53 Å². The van der Waals surface area contributed by atoms with E-state index >= 15 is 0 Å². The molecule has 2 amide bonds. The van der Waals surface area contributed by atoms with Crippen LogP contribution in [0, 0.1) is 5.41 Å². The first-order chi connectivity index (χ1) is 14.7. The van der Waals surface area contributed by atoms with Gasteiger partial charge in [-0.15, -0.1) is 0 Å². The van der Waals surface area contributed by atoms with E-state index in [1.54, 1.807) is 0 Å². The normalized spacial score (nSPS) is 26.3. The van der Waals surface area contributed by atoms with Crippen molar-refractivity contribution in [2.75, 3.05) is 49.5 Å². The van der Waals surface area contributed by atoms with E-state index in [2.05, 4.69) is 46.4 Å². The zero-order valence-corrected chi connectivity index (χ0v) is 18.7. The molecule has 4 rings (SSSR count). The van der Waals surface area contributed by atoms with Gasteiger partial charge in [0, 0.05) is 44.2 Å². The molecule has 2 atom stereocenters. The van der Waals surface area contributed by atoms with Gasteiger partial charge in [-0.05, 0) is 44.9 Å². The third-order valence-corrected chi connectivity index (χ3v) is 7.56. The highest BCUT2D eigenvalue weighted by molar-refractivity contribution is 5.93. The van der Waals surface area contributed by atoms with Crippen LogP contribution in [0.15, 0.2) is 24.3 Å². The van der Waals surface area contributed by atoms with Crippen molar-refractivity contribution in [3.05, 3.63) is 24.3 Å². The maximum absolute atomic E-state index is 12.9. The zero-order chi connectivity index (χ0) is 21.0. The van der Waals surface area contributed by atoms with E-state index in [1.165, 1.54) is 32.1 Å². The molecule has 1 aliphatic heterocycles. The molecule has 1 aromatic carbocycles. The van der Waals surface area contributed by atoms with Gasteiger partial charge in [0.25, 0.3) is 0 Å². The first-order valence-electron chi connectivity index (χ1n) is 11.9. The lowest BCUT2D eigenvalue weighted by Crippen LogP contribution is -2.65. The highest BCUT2D eigenvalue weighted by Gasteiger charge is 2.56. The molecule has 3 fully saturated rings. The van der Waals surface area contributed by atoms with Crippen LogP contribution in [-0.4, -0.2) is 62.4 Å². The second kappa shape index (κ2) is 9.56. The minimum Gasteiger partial charge on any atom is -0.378 e. The number of nitrogens with zero attached hydrogens (tertiary/aromatic N) is 2. The van der Waals surface area contributed by atoms with E-state index in [-0.39, 0.29) is 17.5 Å². The fourth-order valence-electron chi connectivity index (χ4n) is 5.74. The number of rotatable bonds is 6. The van der Waals surface area contributed by atoms with Gasteiger partial charge in [0.05, 0.1) is 17.5 Å². The number of carbonyl (C=O) groups is 1. The van der Waals surface area contributed by atoms with Crippen LogP contribution < -0.4 is 15.5 Å². The minimum absolute atomic E-state index is 0.0838. The number of benzene rings is 1. The van der Waals surface area contributed by atoms with Gasteiger partial charge in [-0.1, -0.05) is 38.3 Å². The smallest absolute Gasteiger partial charge is 0.319 e. The Morgan fingerprint density at radius 3 is 2.53 bits per heavy atom. The van der Waals surface area contributed by atoms with E-state index in [4.69, 9.17) is 4.74 Å². The minimum atomic E-state index is -0.0838. The first kappa shape index (κ1) is 21.4. The molecule has 2 aliphatic carbocycles. The average molecular weight is 415 g/mol. The predicted molar refractivity (Wildman–Crippen MR) is 122 cm³/mol. The van der Waals surface area contributed by atoms with Gasteiger partial charge in [0.15, 0.2) is 0 Å². The number of likely N-dealkylation sites (N-methyl/N-ethyl adjacent to an activating group) is 1. The summed E-state index contributed by atoms with van der Waals surface area (Å²) in [6.07, 6.45) is 7.36. The molecule has 0 aromatic heterocycles. The van der Waals surface area contributed by atoms with Crippen molar-refractivity contribution in [2.24, 2.45) is 5.41 Å². The summed E-state index contributed by atoms with van der Waals surface area (Å²) < 4.78 is 6.04. The molecular formula is C24H38N4O2. The molecule has 1 aromatic rings. The van der Waals surface area contributed by atoms with Crippen LogP contribution in [0.5, 0.6) is 0 Å². The molecule has 1 spiro atoms. The zero-order valence-electron chi connectivity index (χ0n) is 18.7. The fourth-order valence-corrected chi connectivity index (χ4v) is 5.74. The van der Waals surface area contributed by atoms with Gasteiger partial charge in [-0.3, -0.25) is 0 Å². The highest BCUT2D eigenvalue weighted by atomic mass is 16.5. The maximum atomic E-state index is 12.9. The monoisotopic (exact) mass is 414 g/mol. The van der Waals surface area contributed by atoms with Gasteiger partial charge in [-0.2, -0.15) is 0 Å². The summed E-state index contributed by atoms with van der Waals surface area (Å²) >= 11 is 0. The van der Waals surface area contributed by atoms with Crippen molar-refractivity contribution in [3.63, 3.8) is 0 Å². The van der Waals surface area contributed by atoms with Crippen LogP contribution in [0.1, 0.15) is 52.4 Å². The van der Waals surface area contributed by atoms with E-state index in [1.807, 2.05) is 12.1 Å². The van der Waals surface area contributed by atoms with Gasteiger partial charge >= 0.3 is 6.03 Å². The number of ether oxygens (including phenoxy) is 1. The van der Waals surface area contributed by atoms with E-state index in [0.717, 1.165) is 57.1 Å². The molecule has 1 saturated heterocycles. The Kier molecular flexibility index (Phi) is 6.84. The standard InChI is InChI=1S/C24H38N4O2/c1-3-27-14-16-28(17-15-27)20-11-7-6-10-19(20)25-23(29)26-21-18-22(30-4-2)24(21)12-8-5-9-13-24/h6-7,10-11,21-22H,3-5,8-9,12-18H2,1-2H3,(H2,25,26,29)/t21-,22-/m0/s1. The van der Waals surface area contributed by atoms with Crippen LogP contribution >= 0.6 is 0 Å². The summed E-state index contributed by atoms with van der Waals surface area (Å²) in [4.78, 5) is 17.8. The Morgan fingerprint density at radius 1 is 1.10 bits per heavy atom. The van der Waals surface area contributed by atoms with Crippen LogP contribution in [0.4, 0.5) is 16.2 Å². The Labute approximate surface area is 181 Å². The summed E-state index contributed by atoms with van der Waals surface area (Å²) in [5.74, 6) is 0. The van der Waals surface area contributed by atoms with E-state index in [0.29, 0.717) is 6.10 Å². The quantitative estimate of drug-likeness (QED) is 0.737. The molecule has 166 valence electrons. The van der Waals surface area contributed by atoms with Crippen molar-refractivity contribution in [3.8, 4) is 0 Å². The number of para-hydroxylation sites is 2. The molecule has 0 unspecified atom stereocenters. The number of amides is 2. The number of nitrogens with one attached hydrogen (secondary N) is 2. The van der Waals surface area contributed by atoms with Crippen molar-refractivity contribution >= 4 is 17.4 Å². The van der Waals surface area contributed by atoms with Gasteiger partial charge in [-0.25, -0.2) is 4.79 Å². The highest BCUT2D eigenvalue weighted by Crippen LogP contribution is 2.53.